The summed E-state index contributed by atoms with van der Waals surface area (Å²) in [5, 5.41) is 4.60. The molecule has 0 spiro atoms. The number of nitrogens with zero attached hydrogens (tertiary/aromatic N) is 1. The highest BCUT2D eigenvalue weighted by Gasteiger charge is 2.36. The van der Waals surface area contributed by atoms with Crippen molar-refractivity contribution in [1.82, 2.24) is 5.32 Å². The van der Waals surface area contributed by atoms with Crippen LogP contribution in [0.15, 0.2) is 18.2 Å². The van der Waals surface area contributed by atoms with E-state index in [1.165, 1.54) is 24.1 Å². The number of hydrogen-bond acceptors (Lipinski definition) is 2. The first kappa shape index (κ1) is 12.3. The molecule has 1 saturated carbocycles. The summed E-state index contributed by atoms with van der Waals surface area (Å²) in [5.74, 6) is 0.892. The smallest absolute Gasteiger partial charge is 0.0668 e. The Morgan fingerprint density at radius 2 is 2.11 bits per heavy atom. The Kier molecular flexibility index (Phi) is 3.25. The van der Waals surface area contributed by atoms with Gasteiger partial charge in [-0.2, -0.15) is 0 Å². The maximum absolute atomic E-state index is 6.47. The van der Waals surface area contributed by atoms with Crippen LogP contribution in [0.5, 0.6) is 0 Å². The summed E-state index contributed by atoms with van der Waals surface area (Å²) >= 11 is 6.47. The van der Waals surface area contributed by atoms with Crippen molar-refractivity contribution < 1.29 is 0 Å². The molecule has 2 fully saturated rings. The van der Waals surface area contributed by atoms with E-state index in [2.05, 4.69) is 42.3 Å². The molecule has 98 valence electrons. The molecule has 18 heavy (non-hydrogen) atoms. The lowest BCUT2D eigenvalue weighted by Crippen LogP contribution is -2.56. The molecule has 2 atom stereocenters. The molecule has 1 heterocycles. The van der Waals surface area contributed by atoms with Crippen molar-refractivity contribution in [3.05, 3.63) is 28.8 Å². The molecule has 3 heteroatoms. The predicted octanol–water partition coefficient (Wildman–Crippen LogP) is 3.23. The number of rotatable bonds is 2. The van der Waals surface area contributed by atoms with Crippen LogP contribution in [-0.4, -0.2) is 25.2 Å². The molecule has 0 amide bonds. The first-order chi connectivity index (χ1) is 8.66. The standard InChI is InChI=1S/C15H21ClN2/c1-10-4-3-5-14(15(10)16)18-9-13(12-6-7-12)17-8-11(18)2/h3-5,11-13,17H,6-9H2,1-2H3. The fraction of sp³-hybridized carbons (Fsp3) is 0.600. The fourth-order valence-corrected chi connectivity index (χ4v) is 3.13. The number of nitrogens with one attached hydrogen (secondary N) is 1. The molecule has 1 aromatic carbocycles. The number of piperazine rings is 1. The SMILES string of the molecule is Cc1cccc(N2CC(C3CC3)NCC2C)c1Cl. The summed E-state index contributed by atoms with van der Waals surface area (Å²) in [6.07, 6.45) is 2.78. The van der Waals surface area contributed by atoms with Gasteiger partial charge in [-0.25, -0.2) is 0 Å². The largest absolute Gasteiger partial charge is 0.365 e. The van der Waals surface area contributed by atoms with Gasteiger partial charge in [-0.05, 0) is 44.2 Å². The van der Waals surface area contributed by atoms with E-state index >= 15 is 0 Å². The van der Waals surface area contributed by atoms with E-state index < -0.39 is 0 Å². The van der Waals surface area contributed by atoms with Crippen LogP contribution in [0.2, 0.25) is 5.02 Å². The summed E-state index contributed by atoms with van der Waals surface area (Å²) in [6, 6.07) is 7.51. The number of halogens is 1. The van der Waals surface area contributed by atoms with E-state index in [1.54, 1.807) is 0 Å². The van der Waals surface area contributed by atoms with Gasteiger partial charge in [0.2, 0.25) is 0 Å². The topological polar surface area (TPSA) is 15.3 Å². The van der Waals surface area contributed by atoms with Crippen molar-refractivity contribution in [2.75, 3.05) is 18.0 Å². The van der Waals surface area contributed by atoms with Crippen molar-refractivity contribution in [2.24, 2.45) is 5.92 Å². The highest BCUT2D eigenvalue weighted by atomic mass is 35.5. The molecule has 0 radical (unpaired) electrons. The van der Waals surface area contributed by atoms with Crippen molar-refractivity contribution in [3.8, 4) is 0 Å². The molecule has 0 bridgehead atoms. The molecule has 1 saturated heterocycles. The Morgan fingerprint density at radius 1 is 1.33 bits per heavy atom. The lowest BCUT2D eigenvalue weighted by molar-refractivity contribution is 0.376. The Labute approximate surface area is 114 Å². The van der Waals surface area contributed by atoms with Gasteiger partial charge >= 0.3 is 0 Å². The van der Waals surface area contributed by atoms with Gasteiger partial charge in [0.25, 0.3) is 0 Å². The second kappa shape index (κ2) is 4.75. The van der Waals surface area contributed by atoms with Gasteiger partial charge in [-0.3, -0.25) is 0 Å². The van der Waals surface area contributed by atoms with Crippen LogP contribution in [0.1, 0.15) is 25.3 Å². The molecule has 2 unspecified atom stereocenters. The molecule has 1 aliphatic carbocycles. The third kappa shape index (κ3) is 2.24. The van der Waals surface area contributed by atoms with Gasteiger partial charge in [-0.1, -0.05) is 23.7 Å². The Morgan fingerprint density at radius 3 is 2.83 bits per heavy atom. The zero-order valence-corrected chi connectivity index (χ0v) is 11.9. The van der Waals surface area contributed by atoms with Crippen molar-refractivity contribution >= 4 is 17.3 Å². The molecule has 1 aliphatic heterocycles. The molecule has 1 aromatic rings. The molecule has 1 N–H and O–H groups in total. The van der Waals surface area contributed by atoms with Crippen molar-refractivity contribution in [3.63, 3.8) is 0 Å². The minimum atomic E-state index is 0.513. The van der Waals surface area contributed by atoms with Gasteiger partial charge < -0.3 is 10.2 Å². The van der Waals surface area contributed by atoms with Crippen LogP contribution in [-0.2, 0) is 0 Å². The Balaban J connectivity index is 1.86. The van der Waals surface area contributed by atoms with Crippen LogP contribution in [0.3, 0.4) is 0 Å². The maximum Gasteiger partial charge on any atom is 0.0668 e. The quantitative estimate of drug-likeness (QED) is 0.882. The van der Waals surface area contributed by atoms with Gasteiger partial charge in [0.05, 0.1) is 10.7 Å². The minimum Gasteiger partial charge on any atom is -0.365 e. The molecule has 2 aliphatic rings. The van der Waals surface area contributed by atoms with E-state index in [-0.39, 0.29) is 0 Å². The maximum atomic E-state index is 6.47. The first-order valence-electron chi connectivity index (χ1n) is 6.92. The molecule has 3 rings (SSSR count). The summed E-state index contributed by atoms with van der Waals surface area (Å²) in [4.78, 5) is 2.48. The number of anilines is 1. The van der Waals surface area contributed by atoms with Crippen molar-refractivity contribution in [1.29, 1.82) is 0 Å². The first-order valence-corrected chi connectivity index (χ1v) is 7.29. The molecule has 0 aromatic heterocycles. The normalized spacial score (nSPS) is 28.5. The summed E-state index contributed by atoms with van der Waals surface area (Å²) in [7, 11) is 0. The highest BCUT2D eigenvalue weighted by molar-refractivity contribution is 6.34. The van der Waals surface area contributed by atoms with Crippen LogP contribution in [0.25, 0.3) is 0 Å². The van der Waals surface area contributed by atoms with E-state index in [4.69, 9.17) is 11.6 Å². The van der Waals surface area contributed by atoms with Crippen LogP contribution < -0.4 is 10.2 Å². The average molecular weight is 265 g/mol. The number of benzene rings is 1. The van der Waals surface area contributed by atoms with E-state index in [1.807, 2.05) is 0 Å². The van der Waals surface area contributed by atoms with Crippen molar-refractivity contribution in [2.45, 2.75) is 38.8 Å². The molecule has 2 nitrogen and oxygen atoms in total. The van der Waals surface area contributed by atoms with E-state index in [0.29, 0.717) is 12.1 Å². The van der Waals surface area contributed by atoms with E-state index in [0.717, 1.165) is 24.0 Å². The van der Waals surface area contributed by atoms with Crippen LogP contribution in [0, 0.1) is 12.8 Å². The second-order valence-corrected chi connectivity index (χ2v) is 6.14. The lowest BCUT2D eigenvalue weighted by atomic mass is 10.0. The summed E-state index contributed by atoms with van der Waals surface area (Å²) in [5.41, 5.74) is 2.37. The Hall–Kier alpha value is -0.730. The number of hydrogen-bond donors (Lipinski definition) is 1. The van der Waals surface area contributed by atoms with E-state index in [9.17, 15) is 0 Å². The van der Waals surface area contributed by atoms with Crippen LogP contribution in [0.4, 0.5) is 5.69 Å². The monoisotopic (exact) mass is 264 g/mol. The number of aryl methyl sites for hydroxylation is 1. The fourth-order valence-electron chi connectivity index (χ4n) is 2.89. The molecular formula is C15H21ClN2. The molecular weight excluding hydrogens is 244 g/mol. The lowest BCUT2D eigenvalue weighted by Gasteiger charge is -2.41. The predicted molar refractivity (Wildman–Crippen MR) is 77.5 cm³/mol. The highest BCUT2D eigenvalue weighted by Crippen LogP contribution is 2.37. The average Bonchev–Trinajstić information content (AvgIpc) is 3.18. The second-order valence-electron chi connectivity index (χ2n) is 5.76. The Bertz CT molecular complexity index is 442. The minimum absolute atomic E-state index is 0.513. The zero-order chi connectivity index (χ0) is 12.7. The van der Waals surface area contributed by atoms with Gasteiger partial charge in [0.15, 0.2) is 0 Å². The van der Waals surface area contributed by atoms with Gasteiger partial charge in [-0.15, -0.1) is 0 Å². The summed E-state index contributed by atoms with van der Waals surface area (Å²) < 4.78 is 0. The van der Waals surface area contributed by atoms with Crippen LogP contribution >= 0.6 is 11.6 Å². The summed E-state index contributed by atoms with van der Waals surface area (Å²) in [6.45, 7) is 6.51. The third-order valence-electron chi connectivity index (χ3n) is 4.27. The van der Waals surface area contributed by atoms with Gasteiger partial charge in [0, 0.05) is 25.2 Å². The third-order valence-corrected chi connectivity index (χ3v) is 4.76. The zero-order valence-electron chi connectivity index (χ0n) is 11.1. The van der Waals surface area contributed by atoms with Gasteiger partial charge in [0.1, 0.15) is 0 Å².